The zero-order valence-electron chi connectivity index (χ0n) is 7.44. The fraction of sp³-hybridized carbons (Fsp3) is 1.00. The number of rotatable bonds is 5. The molecule has 10 heavy (non-hydrogen) atoms. The molecule has 0 atom stereocenters. The quantitative estimate of drug-likeness (QED) is 0.533. The molecule has 0 heterocycles. The SMILES string of the molecule is CCCCCCC(C)(C)[S]. The zero-order valence-corrected chi connectivity index (χ0v) is 8.26. The predicted octanol–water partition coefficient (Wildman–Crippen LogP) is 3.93. The van der Waals surface area contributed by atoms with Gasteiger partial charge in [-0.05, 0) is 20.3 Å². The molecule has 0 aromatic rings. The molecular weight excluding hydrogens is 140 g/mol. The lowest BCUT2D eigenvalue weighted by Crippen LogP contribution is -2.09. The van der Waals surface area contributed by atoms with E-state index in [2.05, 4.69) is 20.8 Å². The van der Waals surface area contributed by atoms with Gasteiger partial charge in [-0.25, -0.2) is 0 Å². The molecule has 0 aromatic carbocycles. The summed E-state index contributed by atoms with van der Waals surface area (Å²) in [7, 11) is 0. The third-order valence-corrected chi connectivity index (χ3v) is 1.84. The molecule has 0 amide bonds. The zero-order chi connectivity index (χ0) is 8.04. The van der Waals surface area contributed by atoms with Crippen molar-refractivity contribution >= 4 is 12.6 Å². The van der Waals surface area contributed by atoms with Crippen LogP contribution in [-0.2, 0) is 0 Å². The van der Waals surface area contributed by atoms with Crippen molar-refractivity contribution in [2.75, 3.05) is 0 Å². The fourth-order valence-corrected chi connectivity index (χ4v) is 1.12. The molecule has 0 aromatic heterocycles. The Labute approximate surface area is 70.8 Å². The van der Waals surface area contributed by atoms with Gasteiger partial charge in [0.1, 0.15) is 0 Å². The third kappa shape index (κ3) is 8.35. The van der Waals surface area contributed by atoms with Crippen molar-refractivity contribution in [1.82, 2.24) is 0 Å². The van der Waals surface area contributed by atoms with E-state index in [9.17, 15) is 0 Å². The van der Waals surface area contributed by atoms with Crippen LogP contribution in [0.4, 0.5) is 0 Å². The number of hydrogen-bond acceptors (Lipinski definition) is 0. The summed E-state index contributed by atoms with van der Waals surface area (Å²) in [6, 6.07) is 0. The van der Waals surface area contributed by atoms with Gasteiger partial charge in [0.15, 0.2) is 0 Å². The van der Waals surface area contributed by atoms with E-state index in [0.717, 1.165) is 0 Å². The minimum Gasteiger partial charge on any atom is -0.0873 e. The monoisotopic (exact) mass is 159 g/mol. The highest BCUT2D eigenvalue weighted by molar-refractivity contribution is 7.81. The molecule has 0 aliphatic carbocycles. The molecule has 0 fully saturated rings. The molecule has 0 unspecified atom stereocenters. The molecule has 0 aliphatic rings. The van der Waals surface area contributed by atoms with Crippen LogP contribution in [0.15, 0.2) is 0 Å². The summed E-state index contributed by atoms with van der Waals surface area (Å²) in [6.07, 6.45) is 6.55. The van der Waals surface area contributed by atoms with Crippen molar-refractivity contribution < 1.29 is 0 Å². The van der Waals surface area contributed by atoms with Crippen LogP contribution in [0.1, 0.15) is 52.9 Å². The van der Waals surface area contributed by atoms with Gasteiger partial charge >= 0.3 is 0 Å². The molecule has 0 bridgehead atoms. The Bertz CT molecular complexity index is 71.3. The predicted molar refractivity (Wildman–Crippen MR) is 50.4 cm³/mol. The van der Waals surface area contributed by atoms with Crippen molar-refractivity contribution in [3.63, 3.8) is 0 Å². The Morgan fingerprint density at radius 2 is 1.70 bits per heavy atom. The number of unbranched alkanes of at least 4 members (excludes halogenated alkanes) is 3. The summed E-state index contributed by atoms with van der Waals surface area (Å²) in [4.78, 5) is 0. The second kappa shape index (κ2) is 5.06. The average molecular weight is 159 g/mol. The second-order valence-electron chi connectivity index (χ2n) is 3.57. The van der Waals surface area contributed by atoms with E-state index in [0.29, 0.717) is 0 Å². The first-order chi connectivity index (χ1) is 4.56. The highest BCUT2D eigenvalue weighted by Gasteiger charge is 2.10. The molecule has 1 radical (unpaired) electrons. The Balaban J connectivity index is 3.04. The summed E-state index contributed by atoms with van der Waals surface area (Å²) in [6.45, 7) is 6.50. The maximum Gasteiger partial charge on any atom is 0.0207 e. The maximum atomic E-state index is 5.23. The van der Waals surface area contributed by atoms with Crippen LogP contribution in [0.3, 0.4) is 0 Å². The summed E-state index contributed by atoms with van der Waals surface area (Å²) in [5.41, 5.74) is 0. The van der Waals surface area contributed by atoms with E-state index in [1.165, 1.54) is 32.1 Å². The molecular formula is C9H19S. The molecule has 0 nitrogen and oxygen atoms in total. The molecule has 1 heteroatoms. The second-order valence-corrected chi connectivity index (χ2v) is 4.68. The van der Waals surface area contributed by atoms with Crippen molar-refractivity contribution in [2.45, 2.75) is 57.6 Å². The molecule has 61 valence electrons. The maximum absolute atomic E-state index is 5.23. The molecule has 0 saturated heterocycles. The van der Waals surface area contributed by atoms with Gasteiger partial charge in [0.25, 0.3) is 0 Å². The van der Waals surface area contributed by atoms with Crippen LogP contribution in [0, 0.1) is 0 Å². The third-order valence-electron chi connectivity index (χ3n) is 1.63. The Kier molecular flexibility index (Phi) is 5.24. The summed E-state index contributed by atoms with van der Waals surface area (Å²) in [5, 5.41) is 0. The lowest BCUT2D eigenvalue weighted by atomic mass is 10.0. The van der Waals surface area contributed by atoms with E-state index >= 15 is 0 Å². The first-order valence-corrected chi connectivity index (χ1v) is 4.67. The average Bonchev–Trinajstić information content (AvgIpc) is 1.78. The topological polar surface area (TPSA) is 0 Å². The first-order valence-electron chi connectivity index (χ1n) is 4.26. The largest absolute Gasteiger partial charge is 0.0873 e. The van der Waals surface area contributed by atoms with Crippen molar-refractivity contribution in [3.8, 4) is 0 Å². The standard InChI is InChI=1S/C9H19S/c1-4-5-6-7-8-9(2,3)10/h4-8H2,1-3H3. The fourth-order valence-electron chi connectivity index (χ4n) is 0.977. The lowest BCUT2D eigenvalue weighted by Gasteiger charge is -2.14. The van der Waals surface area contributed by atoms with Gasteiger partial charge < -0.3 is 0 Å². The minimum atomic E-state index is 0.133. The Morgan fingerprint density at radius 3 is 2.10 bits per heavy atom. The van der Waals surface area contributed by atoms with E-state index in [1.54, 1.807) is 0 Å². The summed E-state index contributed by atoms with van der Waals surface area (Å²) >= 11 is 5.23. The van der Waals surface area contributed by atoms with E-state index in [4.69, 9.17) is 12.6 Å². The van der Waals surface area contributed by atoms with Gasteiger partial charge in [0, 0.05) is 4.75 Å². The molecule has 0 spiro atoms. The molecule has 0 rings (SSSR count). The van der Waals surface area contributed by atoms with Crippen LogP contribution in [0.25, 0.3) is 0 Å². The Morgan fingerprint density at radius 1 is 1.10 bits per heavy atom. The van der Waals surface area contributed by atoms with Crippen molar-refractivity contribution in [3.05, 3.63) is 0 Å². The van der Waals surface area contributed by atoms with Crippen molar-refractivity contribution in [1.29, 1.82) is 0 Å². The van der Waals surface area contributed by atoms with Gasteiger partial charge in [0.2, 0.25) is 0 Å². The number of hydrogen-bond donors (Lipinski definition) is 0. The van der Waals surface area contributed by atoms with Crippen LogP contribution in [-0.4, -0.2) is 4.75 Å². The Hall–Kier alpha value is 0.350. The van der Waals surface area contributed by atoms with Gasteiger partial charge in [-0.3, -0.25) is 0 Å². The molecule has 0 N–H and O–H groups in total. The summed E-state index contributed by atoms with van der Waals surface area (Å²) < 4.78 is 0.133. The van der Waals surface area contributed by atoms with Crippen LogP contribution in [0.2, 0.25) is 0 Å². The minimum absolute atomic E-state index is 0.133. The first kappa shape index (κ1) is 10.3. The van der Waals surface area contributed by atoms with Crippen molar-refractivity contribution in [2.24, 2.45) is 0 Å². The molecule has 0 aliphatic heterocycles. The van der Waals surface area contributed by atoms with Crippen LogP contribution in [0.5, 0.6) is 0 Å². The van der Waals surface area contributed by atoms with Crippen LogP contribution < -0.4 is 0 Å². The van der Waals surface area contributed by atoms with Gasteiger partial charge in [-0.15, -0.1) is 0 Å². The normalized spacial score (nSPS) is 12.0. The van der Waals surface area contributed by atoms with Gasteiger partial charge in [0.05, 0.1) is 0 Å². The van der Waals surface area contributed by atoms with E-state index in [-0.39, 0.29) is 4.75 Å². The van der Waals surface area contributed by atoms with Gasteiger partial charge in [-0.2, -0.15) is 0 Å². The van der Waals surface area contributed by atoms with E-state index < -0.39 is 0 Å². The van der Waals surface area contributed by atoms with Gasteiger partial charge in [-0.1, -0.05) is 45.2 Å². The smallest absolute Gasteiger partial charge is 0.0207 e. The highest BCUT2D eigenvalue weighted by Crippen LogP contribution is 2.20. The molecule has 0 saturated carbocycles. The van der Waals surface area contributed by atoms with Crippen LogP contribution >= 0.6 is 12.6 Å². The van der Waals surface area contributed by atoms with E-state index in [1.807, 2.05) is 0 Å². The summed E-state index contributed by atoms with van der Waals surface area (Å²) in [5.74, 6) is 0. The highest BCUT2D eigenvalue weighted by atomic mass is 32.1. The lowest BCUT2D eigenvalue weighted by molar-refractivity contribution is 0.562.